The molecule has 2 rings (SSSR count). The van der Waals surface area contributed by atoms with Crippen LogP contribution in [0.5, 0.6) is 0 Å². The van der Waals surface area contributed by atoms with Crippen LogP contribution in [-0.2, 0) is 4.79 Å². The first-order valence-electron chi connectivity index (χ1n) is 6.13. The Morgan fingerprint density at radius 2 is 1.93 bits per heavy atom. The third kappa shape index (κ3) is 2.17. The molecule has 1 N–H and O–H groups in total. The molecule has 0 aromatic rings. The van der Waals surface area contributed by atoms with Crippen molar-refractivity contribution in [1.29, 1.82) is 0 Å². The number of carboxylic acids is 1. The zero-order valence-electron chi connectivity index (χ0n) is 9.48. The summed E-state index contributed by atoms with van der Waals surface area (Å²) in [5.41, 5.74) is 0. The van der Waals surface area contributed by atoms with Crippen molar-refractivity contribution < 1.29 is 9.90 Å². The van der Waals surface area contributed by atoms with Crippen molar-refractivity contribution in [3.63, 3.8) is 0 Å². The minimum Gasteiger partial charge on any atom is -0.481 e. The van der Waals surface area contributed by atoms with E-state index in [9.17, 15) is 9.90 Å². The summed E-state index contributed by atoms with van der Waals surface area (Å²) >= 11 is 0. The van der Waals surface area contributed by atoms with Gasteiger partial charge in [-0.05, 0) is 38.8 Å². The summed E-state index contributed by atoms with van der Waals surface area (Å²) in [5, 5.41) is 9.35. The van der Waals surface area contributed by atoms with Crippen LogP contribution in [0.4, 0.5) is 0 Å². The third-order valence-electron chi connectivity index (χ3n) is 4.20. The summed E-state index contributed by atoms with van der Waals surface area (Å²) in [7, 11) is 2.05. The van der Waals surface area contributed by atoms with Crippen molar-refractivity contribution >= 4 is 5.97 Å². The van der Waals surface area contributed by atoms with Gasteiger partial charge in [0, 0.05) is 6.04 Å². The number of carboxylic acid groups (broad SMARTS) is 1. The van der Waals surface area contributed by atoms with Gasteiger partial charge in [-0.1, -0.05) is 19.3 Å². The summed E-state index contributed by atoms with van der Waals surface area (Å²) < 4.78 is 0. The van der Waals surface area contributed by atoms with Crippen LogP contribution < -0.4 is 0 Å². The highest BCUT2D eigenvalue weighted by molar-refractivity contribution is 5.71. The second kappa shape index (κ2) is 4.52. The Kier molecular flexibility index (Phi) is 3.29. The molecule has 2 atom stereocenters. The third-order valence-corrected chi connectivity index (χ3v) is 4.20. The molecule has 2 unspecified atom stereocenters. The van der Waals surface area contributed by atoms with Gasteiger partial charge in [0.05, 0.1) is 5.92 Å². The summed E-state index contributed by atoms with van der Waals surface area (Å²) in [6.45, 7) is 1.07. The van der Waals surface area contributed by atoms with Crippen molar-refractivity contribution in [2.45, 2.75) is 44.6 Å². The van der Waals surface area contributed by atoms with Gasteiger partial charge in [-0.15, -0.1) is 0 Å². The maximum Gasteiger partial charge on any atom is 0.308 e. The Labute approximate surface area is 91.5 Å². The van der Waals surface area contributed by atoms with E-state index in [2.05, 4.69) is 4.90 Å². The van der Waals surface area contributed by atoms with E-state index in [0.29, 0.717) is 12.0 Å². The molecule has 1 aliphatic carbocycles. The normalized spacial score (nSPS) is 30.9. The quantitative estimate of drug-likeness (QED) is 0.776. The van der Waals surface area contributed by atoms with Gasteiger partial charge in [0.15, 0.2) is 0 Å². The second-order valence-corrected chi connectivity index (χ2v) is 5.10. The molecule has 0 aromatic heterocycles. The van der Waals surface area contributed by atoms with E-state index in [1.807, 2.05) is 7.05 Å². The lowest BCUT2D eigenvalue weighted by atomic mass is 9.73. The fraction of sp³-hybridized carbons (Fsp3) is 0.917. The van der Waals surface area contributed by atoms with Gasteiger partial charge in [-0.25, -0.2) is 0 Å². The molecule has 0 amide bonds. The molecule has 1 saturated heterocycles. The van der Waals surface area contributed by atoms with E-state index < -0.39 is 5.97 Å². The van der Waals surface area contributed by atoms with Crippen LogP contribution in [0.25, 0.3) is 0 Å². The molecule has 2 fully saturated rings. The van der Waals surface area contributed by atoms with Crippen LogP contribution >= 0.6 is 0 Å². The smallest absolute Gasteiger partial charge is 0.308 e. The van der Waals surface area contributed by atoms with Crippen molar-refractivity contribution in [3.05, 3.63) is 0 Å². The lowest BCUT2D eigenvalue weighted by Crippen LogP contribution is -2.53. The lowest BCUT2D eigenvalue weighted by molar-refractivity contribution is -0.149. The van der Waals surface area contributed by atoms with Gasteiger partial charge in [-0.2, -0.15) is 0 Å². The van der Waals surface area contributed by atoms with Crippen LogP contribution in [0.3, 0.4) is 0 Å². The van der Waals surface area contributed by atoms with Gasteiger partial charge in [0.2, 0.25) is 0 Å². The molecule has 2 aliphatic rings. The predicted octanol–water partition coefficient (Wildman–Crippen LogP) is 1.97. The zero-order valence-corrected chi connectivity index (χ0v) is 9.48. The van der Waals surface area contributed by atoms with Crippen molar-refractivity contribution in [3.8, 4) is 0 Å². The van der Waals surface area contributed by atoms with Gasteiger partial charge in [0.1, 0.15) is 0 Å². The molecule has 0 aromatic carbocycles. The average Bonchev–Trinajstić information content (AvgIpc) is 2.24. The van der Waals surface area contributed by atoms with Crippen molar-refractivity contribution in [2.24, 2.45) is 11.8 Å². The average molecular weight is 211 g/mol. The number of hydrogen-bond donors (Lipinski definition) is 1. The summed E-state index contributed by atoms with van der Waals surface area (Å²) in [6, 6.07) is 0.311. The number of likely N-dealkylation sites (tertiary alicyclic amines) is 1. The summed E-state index contributed by atoms with van der Waals surface area (Å²) in [6.07, 6.45) is 7.08. The Balaban J connectivity index is 2.01. The number of rotatable bonds is 3. The largest absolute Gasteiger partial charge is 0.481 e. The van der Waals surface area contributed by atoms with Crippen molar-refractivity contribution in [1.82, 2.24) is 4.90 Å². The van der Waals surface area contributed by atoms with Gasteiger partial charge in [0.25, 0.3) is 0 Å². The molecule has 0 spiro atoms. The number of aliphatic carboxylic acids is 1. The molecule has 0 bridgehead atoms. The highest BCUT2D eigenvalue weighted by atomic mass is 16.4. The van der Waals surface area contributed by atoms with E-state index in [1.165, 1.54) is 19.3 Å². The van der Waals surface area contributed by atoms with E-state index in [1.54, 1.807) is 0 Å². The molecule has 3 nitrogen and oxygen atoms in total. The van der Waals surface area contributed by atoms with E-state index in [0.717, 1.165) is 25.8 Å². The molecule has 1 heterocycles. The molecule has 3 heteroatoms. The summed E-state index contributed by atoms with van der Waals surface area (Å²) in [5.74, 6) is -0.244. The standard InChI is InChI=1S/C12H21NO2/c1-13-8-7-10(13)11(12(14)15)9-5-3-2-4-6-9/h9-11H,2-8H2,1H3,(H,14,15). The topological polar surface area (TPSA) is 40.5 Å². The Hall–Kier alpha value is -0.570. The predicted molar refractivity (Wildman–Crippen MR) is 58.7 cm³/mol. The number of hydrogen-bond acceptors (Lipinski definition) is 2. The van der Waals surface area contributed by atoms with E-state index in [-0.39, 0.29) is 5.92 Å². The van der Waals surface area contributed by atoms with Crippen LogP contribution in [0.1, 0.15) is 38.5 Å². The van der Waals surface area contributed by atoms with Crippen LogP contribution in [0.15, 0.2) is 0 Å². The minimum absolute atomic E-state index is 0.107. The zero-order chi connectivity index (χ0) is 10.8. The second-order valence-electron chi connectivity index (χ2n) is 5.10. The molecule has 86 valence electrons. The maximum absolute atomic E-state index is 11.4. The van der Waals surface area contributed by atoms with Crippen LogP contribution in [0.2, 0.25) is 0 Å². The maximum atomic E-state index is 11.4. The SMILES string of the molecule is CN1CCC1C(C(=O)O)C1CCCCC1. The van der Waals surface area contributed by atoms with Gasteiger partial charge < -0.3 is 10.0 Å². The van der Waals surface area contributed by atoms with Gasteiger partial charge >= 0.3 is 5.97 Å². The summed E-state index contributed by atoms with van der Waals surface area (Å²) in [4.78, 5) is 13.6. The van der Waals surface area contributed by atoms with Gasteiger partial charge in [-0.3, -0.25) is 4.79 Å². The van der Waals surface area contributed by atoms with Crippen LogP contribution in [-0.4, -0.2) is 35.6 Å². The monoisotopic (exact) mass is 211 g/mol. The molecule has 1 aliphatic heterocycles. The highest BCUT2D eigenvalue weighted by Gasteiger charge is 2.41. The van der Waals surface area contributed by atoms with E-state index >= 15 is 0 Å². The lowest BCUT2D eigenvalue weighted by Gasteiger charge is -2.44. The molecular weight excluding hydrogens is 190 g/mol. The van der Waals surface area contributed by atoms with Crippen molar-refractivity contribution in [2.75, 3.05) is 13.6 Å². The Bertz CT molecular complexity index is 236. The number of carbonyl (C=O) groups is 1. The highest BCUT2D eigenvalue weighted by Crippen LogP contribution is 2.36. The Morgan fingerprint density at radius 3 is 2.33 bits per heavy atom. The minimum atomic E-state index is -0.571. The Morgan fingerprint density at radius 1 is 1.27 bits per heavy atom. The molecular formula is C12H21NO2. The molecule has 0 radical (unpaired) electrons. The fourth-order valence-corrected chi connectivity index (χ4v) is 3.16. The van der Waals surface area contributed by atoms with Crippen LogP contribution in [0, 0.1) is 11.8 Å². The number of nitrogens with zero attached hydrogens (tertiary/aromatic N) is 1. The molecule has 1 saturated carbocycles. The first kappa shape index (κ1) is 10.9. The van der Waals surface area contributed by atoms with E-state index in [4.69, 9.17) is 0 Å². The first-order chi connectivity index (χ1) is 7.20. The fourth-order valence-electron chi connectivity index (χ4n) is 3.16. The first-order valence-corrected chi connectivity index (χ1v) is 6.13. The molecule has 15 heavy (non-hydrogen) atoms.